The Labute approximate surface area is 126 Å². The van der Waals surface area contributed by atoms with Crippen LogP contribution in [0, 0.1) is 18.7 Å². The number of halogens is 1. The van der Waals surface area contributed by atoms with Crippen LogP contribution in [0.2, 0.25) is 0 Å². The molecule has 2 aromatic rings. The molecular formula is C19H23FO. The first-order valence-corrected chi connectivity index (χ1v) is 7.53. The van der Waals surface area contributed by atoms with Crippen LogP contribution in [0.4, 0.5) is 4.39 Å². The number of benzene rings is 2. The molecule has 0 aliphatic carbocycles. The lowest BCUT2D eigenvalue weighted by molar-refractivity contribution is 0.118. The van der Waals surface area contributed by atoms with E-state index in [1.807, 2.05) is 18.2 Å². The van der Waals surface area contributed by atoms with Gasteiger partial charge >= 0.3 is 0 Å². The maximum atomic E-state index is 13.4. The van der Waals surface area contributed by atoms with Gasteiger partial charge in [-0.05, 0) is 35.6 Å². The Hall–Kier alpha value is -1.67. The third-order valence-electron chi connectivity index (χ3n) is 4.31. The van der Waals surface area contributed by atoms with Gasteiger partial charge in [-0.2, -0.15) is 0 Å². The van der Waals surface area contributed by atoms with Crippen molar-refractivity contribution in [1.29, 1.82) is 0 Å². The van der Waals surface area contributed by atoms with Crippen LogP contribution >= 0.6 is 0 Å². The number of hydrogen-bond acceptors (Lipinski definition) is 1. The summed E-state index contributed by atoms with van der Waals surface area (Å²) in [5, 5.41) is 10.8. The van der Waals surface area contributed by atoms with Gasteiger partial charge in [0.2, 0.25) is 0 Å². The molecule has 0 spiro atoms. The molecule has 0 radical (unpaired) electrons. The predicted octanol–water partition coefficient (Wildman–Crippen LogP) is 5.00. The molecule has 0 aliphatic rings. The van der Waals surface area contributed by atoms with E-state index in [2.05, 4.69) is 26.0 Å². The van der Waals surface area contributed by atoms with Crippen molar-refractivity contribution in [3.05, 3.63) is 71.0 Å². The first-order chi connectivity index (χ1) is 10.0. The van der Waals surface area contributed by atoms with Crippen LogP contribution < -0.4 is 0 Å². The van der Waals surface area contributed by atoms with E-state index in [-0.39, 0.29) is 11.7 Å². The second kappa shape index (κ2) is 6.86. The fourth-order valence-corrected chi connectivity index (χ4v) is 2.81. The number of aliphatic hydroxyl groups is 1. The van der Waals surface area contributed by atoms with Crippen LogP contribution in [0.25, 0.3) is 0 Å². The number of rotatable bonds is 5. The molecule has 2 rings (SSSR count). The zero-order valence-electron chi connectivity index (χ0n) is 12.9. The summed E-state index contributed by atoms with van der Waals surface area (Å²) in [6.07, 6.45) is 0.359. The molecule has 2 heteroatoms. The quantitative estimate of drug-likeness (QED) is 0.820. The Morgan fingerprint density at radius 2 is 1.71 bits per heavy atom. The number of aryl methyl sites for hydroxylation is 1. The van der Waals surface area contributed by atoms with Crippen molar-refractivity contribution < 1.29 is 9.50 Å². The molecule has 0 saturated heterocycles. The molecule has 112 valence electrons. The zero-order chi connectivity index (χ0) is 15.4. The molecule has 0 saturated carbocycles. The van der Waals surface area contributed by atoms with Crippen molar-refractivity contribution in [3.63, 3.8) is 0 Å². The summed E-state index contributed by atoms with van der Waals surface area (Å²) in [7, 11) is 0. The fourth-order valence-electron chi connectivity index (χ4n) is 2.81. The van der Waals surface area contributed by atoms with Gasteiger partial charge in [0.05, 0.1) is 6.10 Å². The molecule has 1 nitrogen and oxygen atoms in total. The summed E-state index contributed by atoms with van der Waals surface area (Å²) in [5.74, 6) is 0.125. The maximum Gasteiger partial charge on any atom is 0.126 e. The number of aliphatic hydroxyl groups excluding tert-OH is 1. The van der Waals surface area contributed by atoms with Gasteiger partial charge in [-0.1, -0.05) is 62.7 Å². The predicted molar refractivity (Wildman–Crippen MR) is 84.7 cm³/mol. The molecule has 0 amide bonds. The smallest absolute Gasteiger partial charge is 0.126 e. The Balaban J connectivity index is 2.38. The standard InChI is InChI=1S/C19H23FO/c1-4-13(2)18(15-8-6-5-7-9-15)19(21)16-10-11-17(20)14(3)12-16/h5-13,18-19,21H,4H2,1-3H3. The van der Waals surface area contributed by atoms with E-state index < -0.39 is 6.10 Å². The molecular weight excluding hydrogens is 263 g/mol. The van der Waals surface area contributed by atoms with Gasteiger partial charge in [0, 0.05) is 5.92 Å². The normalized spacial score (nSPS) is 15.5. The Morgan fingerprint density at radius 3 is 2.29 bits per heavy atom. The molecule has 0 fully saturated rings. The van der Waals surface area contributed by atoms with Crippen molar-refractivity contribution in [1.82, 2.24) is 0 Å². The van der Waals surface area contributed by atoms with Gasteiger partial charge in [-0.15, -0.1) is 0 Å². The lowest BCUT2D eigenvalue weighted by atomic mass is 9.79. The first-order valence-electron chi connectivity index (χ1n) is 7.53. The Morgan fingerprint density at radius 1 is 1.05 bits per heavy atom. The van der Waals surface area contributed by atoms with Crippen molar-refractivity contribution >= 4 is 0 Å². The summed E-state index contributed by atoms with van der Waals surface area (Å²) in [6, 6.07) is 14.9. The minimum Gasteiger partial charge on any atom is -0.388 e. The molecule has 3 unspecified atom stereocenters. The van der Waals surface area contributed by atoms with Crippen LogP contribution in [0.5, 0.6) is 0 Å². The van der Waals surface area contributed by atoms with Crippen LogP contribution in [-0.4, -0.2) is 5.11 Å². The fraction of sp³-hybridized carbons (Fsp3) is 0.368. The highest BCUT2D eigenvalue weighted by Gasteiger charge is 2.27. The molecule has 0 heterocycles. The lowest BCUT2D eigenvalue weighted by Crippen LogP contribution is -2.18. The van der Waals surface area contributed by atoms with Crippen molar-refractivity contribution in [2.24, 2.45) is 5.92 Å². The summed E-state index contributed by atoms with van der Waals surface area (Å²) in [6.45, 7) is 6.01. The molecule has 0 bridgehead atoms. The van der Waals surface area contributed by atoms with E-state index in [0.717, 1.165) is 17.5 Å². The summed E-state index contributed by atoms with van der Waals surface area (Å²) in [4.78, 5) is 0. The number of hydrogen-bond donors (Lipinski definition) is 1. The highest BCUT2D eigenvalue weighted by molar-refractivity contribution is 5.30. The van der Waals surface area contributed by atoms with Crippen LogP contribution in [-0.2, 0) is 0 Å². The highest BCUT2D eigenvalue weighted by atomic mass is 19.1. The van der Waals surface area contributed by atoms with Crippen LogP contribution in [0.15, 0.2) is 48.5 Å². The van der Waals surface area contributed by atoms with Gasteiger partial charge in [-0.25, -0.2) is 4.39 Å². The summed E-state index contributed by atoms with van der Waals surface area (Å²) in [5.41, 5.74) is 2.48. The van der Waals surface area contributed by atoms with Crippen molar-refractivity contribution in [2.75, 3.05) is 0 Å². The average Bonchev–Trinajstić information content (AvgIpc) is 2.51. The van der Waals surface area contributed by atoms with Gasteiger partial charge in [0.15, 0.2) is 0 Å². The van der Waals surface area contributed by atoms with Gasteiger partial charge in [0.25, 0.3) is 0 Å². The summed E-state index contributed by atoms with van der Waals surface area (Å²) < 4.78 is 13.4. The summed E-state index contributed by atoms with van der Waals surface area (Å²) >= 11 is 0. The maximum absolute atomic E-state index is 13.4. The highest BCUT2D eigenvalue weighted by Crippen LogP contribution is 2.38. The second-order valence-electron chi connectivity index (χ2n) is 5.78. The van der Waals surface area contributed by atoms with Gasteiger partial charge in [0.1, 0.15) is 5.82 Å². The van der Waals surface area contributed by atoms with Gasteiger partial charge in [-0.3, -0.25) is 0 Å². The largest absolute Gasteiger partial charge is 0.388 e. The minimum absolute atomic E-state index is 0.0149. The van der Waals surface area contributed by atoms with Crippen molar-refractivity contribution in [2.45, 2.75) is 39.2 Å². The Kier molecular flexibility index (Phi) is 5.13. The monoisotopic (exact) mass is 286 g/mol. The molecule has 0 aliphatic heterocycles. The second-order valence-corrected chi connectivity index (χ2v) is 5.78. The third kappa shape index (κ3) is 3.51. The van der Waals surface area contributed by atoms with Crippen LogP contribution in [0.1, 0.15) is 49.0 Å². The first kappa shape index (κ1) is 15.7. The average molecular weight is 286 g/mol. The molecule has 3 atom stereocenters. The zero-order valence-corrected chi connectivity index (χ0v) is 12.9. The van der Waals surface area contributed by atoms with Gasteiger partial charge < -0.3 is 5.11 Å². The third-order valence-corrected chi connectivity index (χ3v) is 4.31. The molecule has 0 aromatic heterocycles. The van der Waals surface area contributed by atoms with Crippen LogP contribution in [0.3, 0.4) is 0 Å². The van der Waals surface area contributed by atoms with E-state index in [0.29, 0.717) is 11.5 Å². The molecule has 21 heavy (non-hydrogen) atoms. The van der Waals surface area contributed by atoms with E-state index in [4.69, 9.17) is 0 Å². The molecule has 2 aromatic carbocycles. The lowest BCUT2D eigenvalue weighted by Gasteiger charge is -2.29. The van der Waals surface area contributed by atoms with E-state index >= 15 is 0 Å². The van der Waals surface area contributed by atoms with E-state index in [1.165, 1.54) is 6.07 Å². The molecule has 1 N–H and O–H groups in total. The van der Waals surface area contributed by atoms with E-state index in [9.17, 15) is 9.50 Å². The minimum atomic E-state index is -0.623. The Bertz CT molecular complexity index is 579. The topological polar surface area (TPSA) is 20.2 Å². The van der Waals surface area contributed by atoms with E-state index in [1.54, 1.807) is 19.1 Å². The SMILES string of the molecule is CCC(C)C(c1ccccc1)C(O)c1ccc(F)c(C)c1. The van der Waals surface area contributed by atoms with Crippen molar-refractivity contribution in [3.8, 4) is 0 Å².